The van der Waals surface area contributed by atoms with Crippen molar-refractivity contribution in [2.75, 3.05) is 30.5 Å². The number of hydrogen-bond donors (Lipinski definition) is 2. The van der Waals surface area contributed by atoms with E-state index in [2.05, 4.69) is 25.7 Å². The van der Waals surface area contributed by atoms with Gasteiger partial charge in [0.1, 0.15) is 18.0 Å². The van der Waals surface area contributed by atoms with Gasteiger partial charge >= 0.3 is 10.2 Å². The third kappa shape index (κ3) is 4.52. The fourth-order valence-electron chi connectivity index (χ4n) is 3.88. The van der Waals surface area contributed by atoms with Gasteiger partial charge in [-0.3, -0.25) is 4.79 Å². The van der Waals surface area contributed by atoms with Gasteiger partial charge in [0.25, 0.3) is 5.91 Å². The molecular formula is C18H26FN3O4S. The van der Waals surface area contributed by atoms with Crippen LogP contribution in [0.1, 0.15) is 32.8 Å². The normalized spacial score (nSPS) is 23.0. The smallest absolute Gasteiger partial charge is 0.326 e. The number of rotatable bonds is 4. The molecule has 2 aliphatic rings. The first kappa shape index (κ1) is 19.9. The number of likely N-dealkylation sites (tertiary alicyclic amines) is 1. The Bertz CT molecular complexity index is 828. The molecule has 0 aliphatic carbocycles. The maximum absolute atomic E-state index is 14.6. The van der Waals surface area contributed by atoms with E-state index in [-0.39, 0.29) is 5.41 Å². The van der Waals surface area contributed by atoms with Crippen LogP contribution < -0.4 is 9.03 Å². The molecule has 0 radical (unpaired) electrons. The van der Waals surface area contributed by atoms with Crippen LogP contribution in [0.3, 0.4) is 0 Å². The van der Waals surface area contributed by atoms with Gasteiger partial charge in [-0.15, -0.1) is 0 Å². The number of halogens is 1. The lowest BCUT2D eigenvalue weighted by molar-refractivity contribution is -0.117. The van der Waals surface area contributed by atoms with Crippen LogP contribution in [0, 0.1) is 17.2 Å². The molecule has 0 bridgehead atoms. The molecule has 2 heterocycles. The minimum atomic E-state index is -4.17. The van der Waals surface area contributed by atoms with Gasteiger partial charge in [-0.2, -0.15) is 8.42 Å². The van der Waals surface area contributed by atoms with Crippen LogP contribution in [-0.2, 0) is 21.4 Å². The number of amides is 1. The summed E-state index contributed by atoms with van der Waals surface area (Å²) in [7, 11) is -4.17. The average Bonchev–Trinajstić information content (AvgIpc) is 3.00. The molecule has 2 aliphatic heterocycles. The van der Waals surface area contributed by atoms with E-state index in [0.29, 0.717) is 22.2 Å². The molecule has 9 heteroatoms. The van der Waals surface area contributed by atoms with E-state index in [1.807, 2.05) is 0 Å². The molecule has 1 aromatic rings. The third-order valence-electron chi connectivity index (χ3n) is 4.76. The minimum absolute atomic E-state index is 0.216. The SMILES string of the molecule is CC(C)(C)CN1CCC(Cc2cc(O)c(N3CC(=O)NS3(=O)=O)c(F)c2)C1. The Labute approximate surface area is 159 Å². The van der Waals surface area contributed by atoms with Gasteiger partial charge < -0.3 is 10.0 Å². The number of carbonyl (C=O) groups is 1. The van der Waals surface area contributed by atoms with Crippen LogP contribution in [0.15, 0.2) is 12.1 Å². The quantitative estimate of drug-likeness (QED) is 0.803. The number of phenols is 1. The Morgan fingerprint density at radius 2 is 2.04 bits per heavy atom. The second-order valence-corrected chi connectivity index (χ2v) is 10.2. The fraction of sp³-hybridized carbons (Fsp3) is 0.611. The minimum Gasteiger partial charge on any atom is -0.506 e. The summed E-state index contributed by atoms with van der Waals surface area (Å²) in [5.74, 6) is -1.73. The highest BCUT2D eigenvalue weighted by Crippen LogP contribution is 2.35. The van der Waals surface area contributed by atoms with Gasteiger partial charge in [-0.1, -0.05) is 20.8 Å². The maximum atomic E-state index is 14.6. The van der Waals surface area contributed by atoms with E-state index in [1.165, 1.54) is 12.1 Å². The van der Waals surface area contributed by atoms with Crippen molar-refractivity contribution < 1.29 is 22.7 Å². The summed E-state index contributed by atoms with van der Waals surface area (Å²) < 4.78 is 40.7. The van der Waals surface area contributed by atoms with Gasteiger partial charge in [-0.05, 0) is 48.4 Å². The van der Waals surface area contributed by atoms with Crippen molar-refractivity contribution in [3.8, 4) is 5.75 Å². The van der Waals surface area contributed by atoms with Crippen molar-refractivity contribution in [2.45, 2.75) is 33.6 Å². The van der Waals surface area contributed by atoms with E-state index in [0.717, 1.165) is 26.1 Å². The standard InChI is InChI=1S/C18H26FN3O4S/c1-18(2,3)11-21-5-4-12(9-21)6-13-7-14(19)17(15(23)8-13)22-10-16(24)20-27(22,25)26/h7-8,12,23H,4-6,9-11H2,1-3H3,(H,20,24). The summed E-state index contributed by atoms with van der Waals surface area (Å²) in [4.78, 5) is 13.7. The predicted octanol–water partition coefficient (Wildman–Crippen LogP) is 1.62. The van der Waals surface area contributed by atoms with E-state index < -0.39 is 39.9 Å². The molecule has 1 amide bonds. The van der Waals surface area contributed by atoms with Gasteiger partial charge in [0.2, 0.25) is 0 Å². The van der Waals surface area contributed by atoms with E-state index in [4.69, 9.17) is 0 Å². The lowest BCUT2D eigenvalue weighted by atomic mass is 9.96. The highest BCUT2D eigenvalue weighted by atomic mass is 32.2. The van der Waals surface area contributed by atoms with Gasteiger partial charge in [0.15, 0.2) is 5.82 Å². The molecule has 3 rings (SSSR count). The molecule has 27 heavy (non-hydrogen) atoms. The highest BCUT2D eigenvalue weighted by Gasteiger charge is 2.37. The molecule has 1 unspecified atom stereocenters. The largest absolute Gasteiger partial charge is 0.506 e. The Morgan fingerprint density at radius 3 is 2.59 bits per heavy atom. The number of aromatic hydroxyl groups is 1. The van der Waals surface area contributed by atoms with E-state index >= 15 is 0 Å². The van der Waals surface area contributed by atoms with Crippen molar-refractivity contribution in [3.05, 3.63) is 23.5 Å². The van der Waals surface area contributed by atoms with Crippen LogP contribution in [0.4, 0.5) is 10.1 Å². The number of nitrogens with zero attached hydrogens (tertiary/aromatic N) is 2. The molecule has 2 saturated heterocycles. The van der Waals surface area contributed by atoms with E-state index in [9.17, 15) is 22.7 Å². The zero-order valence-electron chi connectivity index (χ0n) is 15.8. The summed E-state index contributed by atoms with van der Waals surface area (Å²) in [6.45, 7) is 8.94. The number of anilines is 1. The van der Waals surface area contributed by atoms with E-state index in [1.54, 1.807) is 4.72 Å². The highest BCUT2D eigenvalue weighted by molar-refractivity contribution is 7.92. The van der Waals surface area contributed by atoms with Crippen molar-refractivity contribution in [3.63, 3.8) is 0 Å². The Hall–Kier alpha value is -1.87. The summed E-state index contributed by atoms with van der Waals surface area (Å²) in [6, 6.07) is 2.64. The Kier molecular flexibility index (Phi) is 5.11. The molecular weight excluding hydrogens is 373 g/mol. The summed E-state index contributed by atoms with van der Waals surface area (Å²) in [5, 5.41) is 10.2. The van der Waals surface area contributed by atoms with Crippen molar-refractivity contribution >= 4 is 21.8 Å². The number of carbonyl (C=O) groups excluding carboxylic acids is 1. The molecule has 150 valence electrons. The second-order valence-electron chi connectivity index (χ2n) is 8.64. The Morgan fingerprint density at radius 1 is 1.33 bits per heavy atom. The average molecular weight is 399 g/mol. The van der Waals surface area contributed by atoms with Crippen molar-refractivity contribution in [2.24, 2.45) is 11.3 Å². The first-order valence-electron chi connectivity index (χ1n) is 9.02. The molecule has 2 N–H and O–H groups in total. The second kappa shape index (κ2) is 6.94. The molecule has 0 saturated carbocycles. The van der Waals surface area contributed by atoms with Crippen LogP contribution in [-0.4, -0.2) is 50.5 Å². The lowest BCUT2D eigenvalue weighted by Gasteiger charge is -2.26. The van der Waals surface area contributed by atoms with Crippen molar-refractivity contribution in [1.82, 2.24) is 9.62 Å². The maximum Gasteiger partial charge on any atom is 0.326 e. The number of phenolic OH excluding ortho intramolecular Hbond substituents is 1. The van der Waals surface area contributed by atoms with Gasteiger partial charge in [0, 0.05) is 13.1 Å². The van der Waals surface area contributed by atoms with Gasteiger partial charge in [-0.25, -0.2) is 13.4 Å². The van der Waals surface area contributed by atoms with Crippen molar-refractivity contribution in [1.29, 1.82) is 0 Å². The number of hydrogen-bond acceptors (Lipinski definition) is 5. The topological polar surface area (TPSA) is 89.9 Å². The molecule has 7 nitrogen and oxygen atoms in total. The molecule has 0 spiro atoms. The molecule has 1 atom stereocenters. The monoisotopic (exact) mass is 399 g/mol. The number of benzene rings is 1. The zero-order chi connectivity index (χ0) is 20.0. The predicted molar refractivity (Wildman–Crippen MR) is 100 cm³/mol. The third-order valence-corrected chi connectivity index (χ3v) is 6.14. The Balaban J connectivity index is 1.74. The van der Waals surface area contributed by atoms with Gasteiger partial charge in [0.05, 0.1) is 0 Å². The molecule has 0 aromatic heterocycles. The summed E-state index contributed by atoms with van der Waals surface area (Å²) >= 11 is 0. The molecule has 2 fully saturated rings. The first-order valence-corrected chi connectivity index (χ1v) is 10.5. The molecule has 1 aromatic carbocycles. The van der Waals surface area contributed by atoms with Crippen LogP contribution in [0.2, 0.25) is 0 Å². The fourth-order valence-corrected chi connectivity index (χ4v) is 5.05. The first-order chi connectivity index (χ1) is 12.4. The zero-order valence-corrected chi connectivity index (χ0v) is 16.6. The number of nitrogens with one attached hydrogen (secondary N) is 1. The summed E-state index contributed by atoms with van der Waals surface area (Å²) in [6.07, 6.45) is 1.61. The van der Waals surface area contributed by atoms with Crippen LogP contribution in [0.25, 0.3) is 0 Å². The lowest BCUT2D eigenvalue weighted by Crippen LogP contribution is -2.31. The summed E-state index contributed by atoms with van der Waals surface area (Å²) in [5.41, 5.74) is 0.346. The van der Waals surface area contributed by atoms with Crippen LogP contribution in [0.5, 0.6) is 5.75 Å². The van der Waals surface area contributed by atoms with Crippen LogP contribution >= 0.6 is 0 Å².